The molecular formula is C14H16FN5. The van der Waals surface area contributed by atoms with Gasteiger partial charge in [0.2, 0.25) is 0 Å². The van der Waals surface area contributed by atoms with Crippen LogP contribution in [0.5, 0.6) is 0 Å². The van der Waals surface area contributed by atoms with E-state index < -0.39 is 0 Å². The number of hydrogen-bond acceptors (Lipinski definition) is 4. The molecule has 0 fully saturated rings. The Morgan fingerprint density at radius 3 is 2.55 bits per heavy atom. The number of hydrogen-bond donors (Lipinski definition) is 2. The van der Waals surface area contributed by atoms with Crippen LogP contribution < -0.4 is 10.6 Å². The second kappa shape index (κ2) is 5.64. The van der Waals surface area contributed by atoms with Crippen LogP contribution >= 0.6 is 0 Å². The molecule has 0 radical (unpaired) electrons. The maximum Gasteiger partial charge on any atom is 0.147 e. The largest absolute Gasteiger partial charge is 0.382 e. The highest BCUT2D eigenvalue weighted by molar-refractivity contribution is 5.92. The Kier molecular flexibility index (Phi) is 3.93. The molecule has 0 spiro atoms. The number of rotatable bonds is 4. The van der Waals surface area contributed by atoms with Gasteiger partial charge in [0.25, 0.3) is 0 Å². The van der Waals surface area contributed by atoms with Crippen molar-refractivity contribution in [3.8, 4) is 0 Å². The first-order valence-electron chi connectivity index (χ1n) is 6.14. The third-order valence-electron chi connectivity index (χ3n) is 3.21. The summed E-state index contributed by atoms with van der Waals surface area (Å²) in [6, 6.07) is 6.45. The van der Waals surface area contributed by atoms with Gasteiger partial charge in [-0.15, -0.1) is 0 Å². The fourth-order valence-electron chi connectivity index (χ4n) is 1.86. The summed E-state index contributed by atoms with van der Waals surface area (Å²) < 4.78 is 13.8. The van der Waals surface area contributed by atoms with E-state index in [1.807, 2.05) is 18.9 Å². The number of nitrogen functional groups attached to an aromatic ring is 1. The summed E-state index contributed by atoms with van der Waals surface area (Å²) in [5.74, 6) is 0.208. The van der Waals surface area contributed by atoms with E-state index in [-0.39, 0.29) is 17.7 Å². The molecule has 0 aliphatic rings. The Bertz CT molecular complexity index is 611. The van der Waals surface area contributed by atoms with E-state index >= 15 is 0 Å². The highest BCUT2D eigenvalue weighted by Crippen LogP contribution is 2.24. The molecule has 104 valence electrons. The summed E-state index contributed by atoms with van der Waals surface area (Å²) in [5, 5.41) is 7.27. The van der Waals surface area contributed by atoms with Gasteiger partial charge in [0.05, 0.1) is 18.4 Å². The van der Waals surface area contributed by atoms with Gasteiger partial charge in [-0.3, -0.25) is 5.41 Å². The molecule has 1 aromatic carbocycles. The van der Waals surface area contributed by atoms with E-state index in [1.54, 1.807) is 18.2 Å². The van der Waals surface area contributed by atoms with Gasteiger partial charge in [-0.2, -0.15) is 0 Å². The Morgan fingerprint density at radius 1 is 1.30 bits per heavy atom. The highest BCUT2D eigenvalue weighted by atomic mass is 19.1. The number of halogens is 1. The fourth-order valence-corrected chi connectivity index (χ4v) is 1.86. The topological polar surface area (TPSA) is 78.9 Å². The fraction of sp³-hybridized carbons (Fsp3) is 0.214. The van der Waals surface area contributed by atoms with Crippen molar-refractivity contribution in [2.45, 2.75) is 13.0 Å². The van der Waals surface area contributed by atoms with Gasteiger partial charge in [-0.25, -0.2) is 14.4 Å². The average molecular weight is 273 g/mol. The van der Waals surface area contributed by atoms with Gasteiger partial charge in [0, 0.05) is 12.6 Å². The number of benzene rings is 1. The predicted octanol–water partition coefficient (Wildman–Crippen LogP) is 2.10. The molecule has 1 heterocycles. The van der Waals surface area contributed by atoms with Crippen molar-refractivity contribution < 1.29 is 4.39 Å². The van der Waals surface area contributed by atoms with Crippen LogP contribution in [0.4, 0.5) is 10.2 Å². The van der Waals surface area contributed by atoms with Crippen LogP contribution in [0.2, 0.25) is 0 Å². The Balaban J connectivity index is 2.24. The van der Waals surface area contributed by atoms with Crippen molar-refractivity contribution in [3.05, 3.63) is 53.7 Å². The van der Waals surface area contributed by atoms with Crippen LogP contribution in [0, 0.1) is 11.2 Å². The van der Waals surface area contributed by atoms with Gasteiger partial charge < -0.3 is 10.6 Å². The Labute approximate surface area is 116 Å². The van der Waals surface area contributed by atoms with Crippen LogP contribution in [0.3, 0.4) is 0 Å². The van der Waals surface area contributed by atoms with E-state index in [0.717, 1.165) is 0 Å². The molecule has 0 bridgehead atoms. The smallest absolute Gasteiger partial charge is 0.147 e. The summed E-state index contributed by atoms with van der Waals surface area (Å²) in [7, 11) is 1.81. The van der Waals surface area contributed by atoms with E-state index in [1.165, 1.54) is 18.5 Å². The third-order valence-corrected chi connectivity index (χ3v) is 3.21. The molecule has 5 nitrogen and oxygen atoms in total. The zero-order valence-corrected chi connectivity index (χ0v) is 11.3. The minimum absolute atomic E-state index is 0.131. The molecule has 1 aromatic heterocycles. The first kappa shape index (κ1) is 13.9. The third kappa shape index (κ3) is 2.74. The molecule has 1 atom stereocenters. The number of nitrogens with zero attached hydrogens (tertiary/aromatic N) is 3. The molecule has 2 rings (SSSR count). The number of anilines is 1. The molecule has 0 aliphatic carbocycles. The first-order valence-corrected chi connectivity index (χ1v) is 6.14. The first-order chi connectivity index (χ1) is 9.50. The SMILES string of the molecule is CC(c1ccccc1F)N(C)c1cnc(C(=N)N)cn1. The van der Waals surface area contributed by atoms with Gasteiger partial charge in [-0.1, -0.05) is 18.2 Å². The van der Waals surface area contributed by atoms with Crippen molar-refractivity contribution in [2.75, 3.05) is 11.9 Å². The molecule has 0 saturated heterocycles. The zero-order valence-electron chi connectivity index (χ0n) is 11.3. The van der Waals surface area contributed by atoms with Crippen LogP contribution in [0.25, 0.3) is 0 Å². The minimum Gasteiger partial charge on any atom is -0.382 e. The highest BCUT2D eigenvalue weighted by Gasteiger charge is 2.17. The monoisotopic (exact) mass is 273 g/mol. The van der Waals surface area contributed by atoms with Crippen LogP contribution in [-0.4, -0.2) is 22.9 Å². The molecular weight excluding hydrogens is 257 g/mol. The van der Waals surface area contributed by atoms with Crippen molar-refractivity contribution in [1.82, 2.24) is 9.97 Å². The van der Waals surface area contributed by atoms with Crippen molar-refractivity contribution in [1.29, 1.82) is 5.41 Å². The van der Waals surface area contributed by atoms with Gasteiger partial charge >= 0.3 is 0 Å². The normalized spacial score (nSPS) is 11.9. The molecule has 3 N–H and O–H groups in total. The molecule has 0 amide bonds. The molecule has 6 heteroatoms. The lowest BCUT2D eigenvalue weighted by molar-refractivity contribution is 0.584. The molecule has 20 heavy (non-hydrogen) atoms. The van der Waals surface area contributed by atoms with E-state index in [2.05, 4.69) is 9.97 Å². The summed E-state index contributed by atoms with van der Waals surface area (Å²) >= 11 is 0. The number of amidine groups is 1. The van der Waals surface area contributed by atoms with E-state index in [9.17, 15) is 4.39 Å². The van der Waals surface area contributed by atoms with Crippen molar-refractivity contribution >= 4 is 11.7 Å². The van der Waals surface area contributed by atoms with Gasteiger partial charge in [0.1, 0.15) is 23.2 Å². The average Bonchev–Trinajstić information content (AvgIpc) is 2.46. The summed E-state index contributed by atoms with van der Waals surface area (Å²) in [5.41, 5.74) is 6.24. The molecule has 0 aliphatic heterocycles. The maximum absolute atomic E-state index is 13.8. The van der Waals surface area contributed by atoms with E-state index in [4.69, 9.17) is 11.1 Å². The second-order valence-electron chi connectivity index (χ2n) is 4.48. The quantitative estimate of drug-likeness (QED) is 0.660. The maximum atomic E-state index is 13.8. The lowest BCUT2D eigenvalue weighted by atomic mass is 10.1. The lowest BCUT2D eigenvalue weighted by Crippen LogP contribution is -2.24. The van der Waals surface area contributed by atoms with Gasteiger partial charge in [-0.05, 0) is 13.0 Å². The predicted molar refractivity (Wildman–Crippen MR) is 76.3 cm³/mol. The second-order valence-corrected chi connectivity index (χ2v) is 4.48. The van der Waals surface area contributed by atoms with Crippen LogP contribution in [0.15, 0.2) is 36.7 Å². The van der Waals surface area contributed by atoms with Crippen molar-refractivity contribution in [3.63, 3.8) is 0 Å². The van der Waals surface area contributed by atoms with Crippen LogP contribution in [0.1, 0.15) is 24.2 Å². The standard InChI is InChI=1S/C14H16FN5/c1-9(10-5-3-4-6-11(10)15)20(2)13-8-18-12(7-19-13)14(16)17/h3-9H,1-2H3,(H3,16,17). The summed E-state index contributed by atoms with van der Waals surface area (Å²) in [6.07, 6.45) is 2.95. The van der Waals surface area contributed by atoms with E-state index in [0.29, 0.717) is 17.1 Å². The molecule has 0 saturated carbocycles. The number of aromatic nitrogens is 2. The van der Waals surface area contributed by atoms with Crippen molar-refractivity contribution in [2.24, 2.45) is 5.73 Å². The summed E-state index contributed by atoms with van der Waals surface area (Å²) in [4.78, 5) is 10.1. The molecule has 2 aromatic rings. The minimum atomic E-state index is -0.250. The zero-order chi connectivity index (χ0) is 14.7. The summed E-state index contributed by atoms with van der Waals surface area (Å²) in [6.45, 7) is 1.89. The number of nitrogens with two attached hydrogens (primary N) is 1. The lowest BCUT2D eigenvalue weighted by Gasteiger charge is -2.26. The number of nitrogens with one attached hydrogen (secondary N) is 1. The Hall–Kier alpha value is -2.50. The molecule has 1 unspecified atom stereocenters. The van der Waals surface area contributed by atoms with Crippen LogP contribution in [-0.2, 0) is 0 Å². The van der Waals surface area contributed by atoms with Gasteiger partial charge in [0.15, 0.2) is 0 Å². The Morgan fingerprint density at radius 2 is 2.00 bits per heavy atom.